The number of aryl methyl sites for hydroxylation is 1. The third-order valence-corrected chi connectivity index (χ3v) is 2.58. The molecule has 0 aliphatic rings. The zero-order valence-electron chi connectivity index (χ0n) is 9.47. The summed E-state index contributed by atoms with van der Waals surface area (Å²) in [5, 5.41) is 16.9. The van der Waals surface area contributed by atoms with E-state index in [0.29, 0.717) is 23.2 Å². The van der Waals surface area contributed by atoms with E-state index in [2.05, 4.69) is 10.2 Å². The molecule has 94 valence electrons. The first kappa shape index (κ1) is 12.6. The fourth-order valence-electron chi connectivity index (χ4n) is 1.45. The average molecular weight is 267 g/mol. The Bertz CT molecular complexity index is 537. The van der Waals surface area contributed by atoms with Gasteiger partial charge in [-0.15, -0.1) is 10.2 Å². The third-order valence-electron chi connectivity index (χ3n) is 2.33. The van der Waals surface area contributed by atoms with Crippen LogP contribution in [0.15, 0.2) is 28.7 Å². The molecule has 0 aliphatic heterocycles. The Labute approximate surface area is 108 Å². The van der Waals surface area contributed by atoms with Gasteiger partial charge in [0, 0.05) is 11.4 Å². The molecule has 0 atom stereocenters. The van der Waals surface area contributed by atoms with Gasteiger partial charge in [0.25, 0.3) is 0 Å². The first-order valence-corrected chi connectivity index (χ1v) is 5.79. The Kier molecular flexibility index (Phi) is 3.94. The number of carboxylic acids is 1. The van der Waals surface area contributed by atoms with Crippen molar-refractivity contribution >= 4 is 17.6 Å². The molecular weight excluding hydrogens is 256 g/mol. The summed E-state index contributed by atoms with van der Waals surface area (Å²) >= 11 is 5.78. The normalized spacial score (nSPS) is 10.5. The second-order valence-corrected chi connectivity index (χ2v) is 4.22. The van der Waals surface area contributed by atoms with Gasteiger partial charge in [0.05, 0.1) is 12.8 Å². The van der Waals surface area contributed by atoms with Crippen LogP contribution in [-0.4, -0.2) is 21.3 Å². The van der Waals surface area contributed by atoms with Crippen molar-refractivity contribution in [3.05, 3.63) is 46.6 Å². The topological polar surface area (TPSA) is 76.2 Å². The number of nitrogens with zero attached hydrogens (tertiary/aromatic N) is 2. The summed E-state index contributed by atoms with van der Waals surface area (Å²) in [5.74, 6) is -0.0634. The number of benzene rings is 1. The molecule has 0 bridgehead atoms. The van der Waals surface area contributed by atoms with E-state index in [-0.39, 0.29) is 12.8 Å². The lowest BCUT2D eigenvalue weighted by Crippen LogP contribution is -1.97. The summed E-state index contributed by atoms with van der Waals surface area (Å²) < 4.78 is 5.35. The molecule has 6 heteroatoms. The van der Waals surface area contributed by atoms with Crippen LogP contribution >= 0.6 is 11.6 Å². The predicted molar refractivity (Wildman–Crippen MR) is 64.5 cm³/mol. The van der Waals surface area contributed by atoms with Crippen molar-refractivity contribution in [2.24, 2.45) is 0 Å². The van der Waals surface area contributed by atoms with E-state index in [0.717, 1.165) is 5.56 Å². The van der Waals surface area contributed by atoms with Gasteiger partial charge in [-0.3, -0.25) is 4.79 Å². The minimum atomic E-state index is -0.882. The van der Waals surface area contributed by atoms with E-state index in [4.69, 9.17) is 21.1 Å². The number of hydrogen-bond donors (Lipinski definition) is 1. The summed E-state index contributed by atoms with van der Waals surface area (Å²) in [6, 6.07) is 7.34. The highest BCUT2D eigenvalue weighted by atomic mass is 35.5. The molecule has 0 saturated carbocycles. The monoisotopic (exact) mass is 266 g/mol. The number of rotatable bonds is 5. The van der Waals surface area contributed by atoms with Crippen LogP contribution in [-0.2, 0) is 17.6 Å². The molecule has 0 spiro atoms. The molecule has 18 heavy (non-hydrogen) atoms. The van der Waals surface area contributed by atoms with Crippen molar-refractivity contribution in [3.63, 3.8) is 0 Å². The molecule has 0 aliphatic carbocycles. The second-order valence-electron chi connectivity index (χ2n) is 3.79. The Balaban J connectivity index is 1.97. The maximum Gasteiger partial charge on any atom is 0.303 e. The van der Waals surface area contributed by atoms with Crippen LogP contribution in [0.25, 0.3) is 0 Å². The standard InChI is InChI=1S/C12H11ClN2O3/c13-9-3-1-8(2-4-9)7-11-15-14-10(18-11)5-6-12(16)17/h1-4H,5-7H2,(H,16,17). The Morgan fingerprint density at radius 3 is 2.56 bits per heavy atom. The lowest BCUT2D eigenvalue weighted by Gasteiger charge is -1.96. The van der Waals surface area contributed by atoms with Gasteiger partial charge in [-0.25, -0.2) is 0 Å². The molecule has 0 amide bonds. The minimum Gasteiger partial charge on any atom is -0.481 e. The van der Waals surface area contributed by atoms with Gasteiger partial charge in [0.2, 0.25) is 11.8 Å². The van der Waals surface area contributed by atoms with Crippen molar-refractivity contribution in [1.82, 2.24) is 10.2 Å². The van der Waals surface area contributed by atoms with Crippen molar-refractivity contribution in [3.8, 4) is 0 Å². The van der Waals surface area contributed by atoms with E-state index in [1.54, 1.807) is 12.1 Å². The van der Waals surface area contributed by atoms with E-state index < -0.39 is 5.97 Å². The van der Waals surface area contributed by atoms with Crippen molar-refractivity contribution in [2.75, 3.05) is 0 Å². The van der Waals surface area contributed by atoms with Crippen molar-refractivity contribution < 1.29 is 14.3 Å². The number of carbonyl (C=O) groups is 1. The van der Waals surface area contributed by atoms with Gasteiger partial charge in [0.1, 0.15) is 0 Å². The number of aromatic nitrogens is 2. The van der Waals surface area contributed by atoms with Crippen LogP contribution in [0, 0.1) is 0 Å². The van der Waals surface area contributed by atoms with E-state index >= 15 is 0 Å². The molecule has 0 fully saturated rings. The van der Waals surface area contributed by atoms with E-state index in [1.165, 1.54) is 0 Å². The molecule has 0 saturated heterocycles. The SMILES string of the molecule is O=C(O)CCc1nnc(Cc2ccc(Cl)cc2)o1. The smallest absolute Gasteiger partial charge is 0.303 e. The lowest BCUT2D eigenvalue weighted by molar-refractivity contribution is -0.137. The van der Waals surface area contributed by atoms with Crippen LogP contribution < -0.4 is 0 Å². The maximum atomic E-state index is 10.4. The molecule has 1 aromatic carbocycles. The summed E-state index contributed by atoms with van der Waals surface area (Å²) in [6.45, 7) is 0. The summed E-state index contributed by atoms with van der Waals surface area (Å²) in [4.78, 5) is 10.4. The molecule has 2 rings (SSSR count). The molecule has 2 aromatic rings. The highest BCUT2D eigenvalue weighted by molar-refractivity contribution is 6.30. The summed E-state index contributed by atoms with van der Waals surface area (Å²) in [6.07, 6.45) is 0.753. The Morgan fingerprint density at radius 2 is 1.89 bits per heavy atom. The number of halogens is 1. The molecule has 5 nitrogen and oxygen atoms in total. The highest BCUT2D eigenvalue weighted by Crippen LogP contribution is 2.13. The number of hydrogen-bond acceptors (Lipinski definition) is 4. The maximum absolute atomic E-state index is 10.4. The van der Waals surface area contributed by atoms with E-state index in [9.17, 15) is 4.79 Å². The lowest BCUT2D eigenvalue weighted by atomic mass is 10.1. The van der Waals surface area contributed by atoms with Crippen LogP contribution in [0.1, 0.15) is 23.8 Å². The van der Waals surface area contributed by atoms with E-state index in [1.807, 2.05) is 12.1 Å². The van der Waals surface area contributed by atoms with Crippen LogP contribution in [0.5, 0.6) is 0 Å². The van der Waals surface area contributed by atoms with Crippen LogP contribution in [0.4, 0.5) is 0 Å². The van der Waals surface area contributed by atoms with Gasteiger partial charge in [0.15, 0.2) is 0 Å². The highest BCUT2D eigenvalue weighted by Gasteiger charge is 2.08. The fraction of sp³-hybridized carbons (Fsp3) is 0.250. The van der Waals surface area contributed by atoms with Crippen LogP contribution in [0.2, 0.25) is 5.02 Å². The zero-order valence-corrected chi connectivity index (χ0v) is 10.2. The van der Waals surface area contributed by atoms with Crippen molar-refractivity contribution in [2.45, 2.75) is 19.3 Å². The summed E-state index contributed by atoms with van der Waals surface area (Å²) in [5.41, 5.74) is 1.01. The first-order chi connectivity index (χ1) is 8.63. The van der Waals surface area contributed by atoms with Crippen LogP contribution in [0.3, 0.4) is 0 Å². The van der Waals surface area contributed by atoms with Gasteiger partial charge < -0.3 is 9.52 Å². The largest absolute Gasteiger partial charge is 0.481 e. The fourth-order valence-corrected chi connectivity index (χ4v) is 1.58. The summed E-state index contributed by atoms with van der Waals surface area (Å²) in [7, 11) is 0. The Hall–Kier alpha value is -1.88. The first-order valence-electron chi connectivity index (χ1n) is 5.41. The zero-order chi connectivity index (χ0) is 13.0. The van der Waals surface area contributed by atoms with Gasteiger partial charge in [-0.2, -0.15) is 0 Å². The van der Waals surface area contributed by atoms with Crippen molar-refractivity contribution in [1.29, 1.82) is 0 Å². The molecule has 0 unspecified atom stereocenters. The average Bonchev–Trinajstić information content (AvgIpc) is 2.77. The van der Waals surface area contributed by atoms with Gasteiger partial charge in [-0.1, -0.05) is 23.7 Å². The van der Waals surface area contributed by atoms with Gasteiger partial charge >= 0.3 is 5.97 Å². The minimum absolute atomic E-state index is 0.0113. The number of carboxylic acid groups (broad SMARTS) is 1. The quantitative estimate of drug-likeness (QED) is 0.899. The Morgan fingerprint density at radius 1 is 1.22 bits per heavy atom. The van der Waals surface area contributed by atoms with Gasteiger partial charge in [-0.05, 0) is 17.7 Å². The predicted octanol–water partition coefficient (Wildman–Crippen LogP) is 2.33. The third kappa shape index (κ3) is 3.56. The molecular formula is C12H11ClN2O3. The molecule has 1 N–H and O–H groups in total. The molecule has 0 radical (unpaired) electrons. The molecule has 1 aromatic heterocycles. The number of aliphatic carboxylic acids is 1. The second kappa shape index (κ2) is 5.64. The molecule has 1 heterocycles.